The molecule has 0 bridgehead atoms. The van der Waals surface area contributed by atoms with Gasteiger partial charge >= 0.3 is 0 Å². The molecule has 102 valence electrons. The summed E-state index contributed by atoms with van der Waals surface area (Å²) in [5, 5.41) is 11.2. The highest BCUT2D eigenvalue weighted by atomic mass is 35.5. The minimum atomic E-state index is -0.508. The minimum Gasteiger partial charge on any atom is -0.489 e. The van der Waals surface area contributed by atoms with Crippen molar-refractivity contribution in [1.82, 2.24) is 0 Å². The van der Waals surface area contributed by atoms with E-state index in [9.17, 15) is 14.9 Å². The lowest BCUT2D eigenvalue weighted by atomic mass is 10.2. The van der Waals surface area contributed by atoms with E-state index in [4.69, 9.17) is 16.3 Å². The first-order valence-corrected chi connectivity index (χ1v) is 6.09. The number of carbonyl (C=O) groups is 1. The van der Waals surface area contributed by atoms with E-state index in [1.165, 1.54) is 12.1 Å². The smallest absolute Gasteiger partial charge is 0.277 e. The third-order valence-corrected chi connectivity index (χ3v) is 3.02. The van der Waals surface area contributed by atoms with Gasteiger partial charge in [0, 0.05) is 11.6 Å². The van der Waals surface area contributed by atoms with Crippen LogP contribution < -0.4 is 4.74 Å². The molecule has 0 fully saturated rings. The summed E-state index contributed by atoms with van der Waals surface area (Å²) < 4.78 is 5.46. The fraction of sp³-hybridized carbons (Fsp3) is 0.0714. The summed E-state index contributed by atoms with van der Waals surface area (Å²) >= 11 is 5.96. The standard InChI is InChI=1S/C14H10ClNO4/c15-13-5-2-6-14(16(18)19)12(13)9-20-11-4-1-3-10(7-11)8-17/h1-8H,9H2. The van der Waals surface area contributed by atoms with Crippen LogP contribution in [0.25, 0.3) is 0 Å². The molecule has 0 unspecified atom stereocenters. The molecule has 0 atom stereocenters. The number of nitro groups is 1. The Morgan fingerprint density at radius 1 is 1.25 bits per heavy atom. The predicted octanol–water partition coefficient (Wildman–Crippen LogP) is 3.64. The molecular weight excluding hydrogens is 282 g/mol. The molecule has 6 heteroatoms. The van der Waals surface area contributed by atoms with Crippen LogP contribution in [-0.4, -0.2) is 11.2 Å². The van der Waals surface area contributed by atoms with Gasteiger partial charge in [0.15, 0.2) is 0 Å². The quantitative estimate of drug-likeness (QED) is 0.479. The second-order valence-electron chi connectivity index (χ2n) is 3.97. The number of nitrogens with zero attached hydrogens (tertiary/aromatic N) is 1. The summed E-state index contributed by atoms with van der Waals surface area (Å²) in [5.74, 6) is 0.448. The Labute approximate surface area is 119 Å². The van der Waals surface area contributed by atoms with Crippen LogP contribution in [0.5, 0.6) is 5.75 Å². The van der Waals surface area contributed by atoms with E-state index in [1.54, 1.807) is 30.3 Å². The third kappa shape index (κ3) is 3.13. The maximum Gasteiger partial charge on any atom is 0.277 e. The fourth-order valence-electron chi connectivity index (χ4n) is 1.69. The van der Waals surface area contributed by atoms with E-state index in [0.29, 0.717) is 23.2 Å². The number of nitro benzene ring substituents is 1. The molecule has 5 nitrogen and oxygen atoms in total. The summed E-state index contributed by atoms with van der Waals surface area (Å²) in [5.41, 5.74) is 0.677. The van der Waals surface area contributed by atoms with Crippen molar-refractivity contribution in [3.05, 3.63) is 68.7 Å². The van der Waals surface area contributed by atoms with Gasteiger partial charge in [0.25, 0.3) is 5.69 Å². The molecule has 0 aliphatic carbocycles. The zero-order valence-corrected chi connectivity index (χ0v) is 11.0. The van der Waals surface area contributed by atoms with E-state index >= 15 is 0 Å². The summed E-state index contributed by atoms with van der Waals surface area (Å²) in [6.45, 7) is -0.0434. The Kier molecular flexibility index (Phi) is 4.32. The van der Waals surface area contributed by atoms with Gasteiger partial charge in [-0.25, -0.2) is 0 Å². The van der Waals surface area contributed by atoms with E-state index in [-0.39, 0.29) is 17.3 Å². The van der Waals surface area contributed by atoms with Gasteiger partial charge in [0.1, 0.15) is 18.6 Å². The molecule has 0 amide bonds. The molecule has 20 heavy (non-hydrogen) atoms. The van der Waals surface area contributed by atoms with Gasteiger partial charge < -0.3 is 4.74 Å². The fourth-order valence-corrected chi connectivity index (χ4v) is 1.92. The number of benzene rings is 2. The van der Waals surface area contributed by atoms with E-state index in [2.05, 4.69) is 0 Å². The highest BCUT2D eigenvalue weighted by Gasteiger charge is 2.17. The zero-order chi connectivity index (χ0) is 14.5. The Morgan fingerprint density at radius 2 is 2.00 bits per heavy atom. The molecule has 0 heterocycles. The average Bonchev–Trinajstić information content (AvgIpc) is 2.45. The number of carbonyl (C=O) groups excluding carboxylic acids is 1. The second-order valence-corrected chi connectivity index (χ2v) is 4.38. The van der Waals surface area contributed by atoms with Gasteiger partial charge in [-0.05, 0) is 18.2 Å². The summed E-state index contributed by atoms with van der Waals surface area (Å²) in [6.07, 6.45) is 0.699. The molecule has 0 N–H and O–H groups in total. The highest BCUT2D eigenvalue weighted by molar-refractivity contribution is 6.31. The van der Waals surface area contributed by atoms with Gasteiger partial charge in [0.05, 0.1) is 15.5 Å². The van der Waals surface area contributed by atoms with Crippen molar-refractivity contribution in [2.24, 2.45) is 0 Å². The first-order valence-electron chi connectivity index (χ1n) is 5.71. The topological polar surface area (TPSA) is 69.4 Å². The van der Waals surface area contributed by atoms with Crippen molar-refractivity contribution in [2.75, 3.05) is 0 Å². The molecule has 2 aromatic carbocycles. The first kappa shape index (κ1) is 14.0. The summed E-state index contributed by atoms with van der Waals surface area (Å²) in [7, 11) is 0. The highest BCUT2D eigenvalue weighted by Crippen LogP contribution is 2.27. The maximum atomic E-state index is 10.9. The molecule has 0 spiro atoms. The lowest BCUT2D eigenvalue weighted by molar-refractivity contribution is -0.385. The van der Waals surface area contributed by atoms with E-state index in [1.807, 2.05) is 0 Å². The Morgan fingerprint density at radius 3 is 2.70 bits per heavy atom. The van der Waals surface area contributed by atoms with Crippen LogP contribution in [0.15, 0.2) is 42.5 Å². The maximum absolute atomic E-state index is 10.9. The van der Waals surface area contributed by atoms with Gasteiger partial charge in [0.2, 0.25) is 0 Å². The van der Waals surface area contributed by atoms with Crippen molar-refractivity contribution in [1.29, 1.82) is 0 Å². The molecule has 0 aliphatic heterocycles. The monoisotopic (exact) mass is 291 g/mol. The van der Waals surface area contributed by atoms with Crippen molar-refractivity contribution in [3.8, 4) is 5.75 Å². The van der Waals surface area contributed by atoms with Crippen LogP contribution in [0.3, 0.4) is 0 Å². The molecule has 2 aromatic rings. The number of ether oxygens (including phenoxy) is 1. The molecule has 0 aromatic heterocycles. The molecule has 0 saturated carbocycles. The zero-order valence-electron chi connectivity index (χ0n) is 10.3. The van der Waals surface area contributed by atoms with Crippen LogP contribution in [0, 0.1) is 10.1 Å². The lowest BCUT2D eigenvalue weighted by Crippen LogP contribution is -2.01. The Balaban J connectivity index is 2.22. The van der Waals surface area contributed by atoms with Crippen molar-refractivity contribution < 1.29 is 14.5 Å². The number of hydrogen-bond donors (Lipinski definition) is 0. The van der Waals surface area contributed by atoms with Gasteiger partial charge in [-0.2, -0.15) is 0 Å². The number of hydrogen-bond acceptors (Lipinski definition) is 4. The summed E-state index contributed by atoms with van der Waals surface area (Å²) in [6, 6.07) is 11.0. The average molecular weight is 292 g/mol. The SMILES string of the molecule is O=Cc1cccc(OCc2c(Cl)cccc2[N+](=O)[O-])c1. The van der Waals surface area contributed by atoms with E-state index in [0.717, 1.165) is 0 Å². The third-order valence-electron chi connectivity index (χ3n) is 2.67. The first-order chi connectivity index (χ1) is 9.61. The van der Waals surface area contributed by atoms with Crippen LogP contribution >= 0.6 is 11.6 Å². The largest absolute Gasteiger partial charge is 0.489 e. The van der Waals surface area contributed by atoms with Gasteiger partial charge in [-0.15, -0.1) is 0 Å². The number of aldehydes is 1. The molecular formula is C14H10ClNO4. The molecule has 0 saturated heterocycles. The number of rotatable bonds is 5. The predicted molar refractivity (Wildman–Crippen MR) is 74.3 cm³/mol. The van der Waals surface area contributed by atoms with Crippen LogP contribution in [0.4, 0.5) is 5.69 Å². The van der Waals surface area contributed by atoms with Crippen molar-refractivity contribution >= 4 is 23.6 Å². The Bertz CT molecular complexity index is 657. The van der Waals surface area contributed by atoms with Crippen LogP contribution in [0.1, 0.15) is 15.9 Å². The molecule has 2 rings (SSSR count). The second kappa shape index (κ2) is 6.16. The van der Waals surface area contributed by atoms with Crippen LogP contribution in [-0.2, 0) is 6.61 Å². The van der Waals surface area contributed by atoms with Crippen molar-refractivity contribution in [2.45, 2.75) is 6.61 Å². The van der Waals surface area contributed by atoms with Gasteiger partial charge in [-0.3, -0.25) is 14.9 Å². The minimum absolute atomic E-state index is 0.0434. The number of halogens is 1. The Hall–Kier alpha value is -2.40. The normalized spacial score (nSPS) is 10.1. The van der Waals surface area contributed by atoms with Gasteiger partial charge in [-0.1, -0.05) is 29.8 Å². The lowest BCUT2D eigenvalue weighted by Gasteiger charge is -2.08. The van der Waals surface area contributed by atoms with E-state index < -0.39 is 4.92 Å². The van der Waals surface area contributed by atoms with Crippen molar-refractivity contribution in [3.63, 3.8) is 0 Å². The summed E-state index contributed by atoms with van der Waals surface area (Å²) in [4.78, 5) is 21.1. The van der Waals surface area contributed by atoms with Crippen LogP contribution in [0.2, 0.25) is 5.02 Å². The molecule has 0 aliphatic rings. The molecule has 0 radical (unpaired) electrons.